The van der Waals surface area contributed by atoms with E-state index in [1.54, 1.807) is 16.2 Å². The monoisotopic (exact) mass is 577 g/mol. The van der Waals surface area contributed by atoms with Crippen LogP contribution >= 0.6 is 11.3 Å². The zero-order chi connectivity index (χ0) is 29.1. The van der Waals surface area contributed by atoms with E-state index < -0.39 is 5.60 Å². The number of hydrogen-bond donors (Lipinski definition) is 1. The van der Waals surface area contributed by atoms with Gasteiger partial charge in [0.2, 0.25) is 0 Å². The van der Waals surface area contributed by atoms with Crippen LogP contribution < -0.4 is 4.74 Å². The molecule has 41 heavy (non-hydrogen) atoms. The van der Waals surface area contributed by atoms with E-state index in [-0.39, 0.29) is 12.2 Å². The van der Waals surface area contributed by atoms with Crippen LogP contribution in [-0.4, -0.2) is 70.5 Å². The van der Waals surface area contributed by atoms with Crippen LogP contribution in [0, 0.1) is 13.8 Å². The SMILES string of the molecule is Cc1c(OCCCN2CCC(O)CC2)cccc1-c1cccc(-c2nc3c(s2)CN(C(=O)OC(C)(C)C)CC3)c1C. The van der Waals surface area contributed by atoms with Gasteiger partial charge in [-0.25, -0.2) is 9.78 Å². The number of aliphatic hydroxyl groups excluding tert-OH is 1. The van der Waals surface area contributed by atoms with E-state index in [9.17, 15) is 9.90 Å². The van der Waals surface area contributed by atoms with Crippen molar-refractivity contribution in [3.8, 4) is 27.4 Å². The molecule has 3 heterocycles. The molecule has 1 N–H and O–H groups in total. The van der Waals surface area contributed by atoms with Gasteiger partial charge < -0.3 is 24.4 Å². The molecule has 0 aliphatic carbocycles. The van der Waals surface area contributed by atoms with Gasteiger partial charge in [-0.05, 0) is 82.2 Å². The maximum atomic E-state index is 12.6. The number of benzene rings is 2. The molecular weight excluding hydrogens is 534 g/mol. The Morgan fingerprint density at radius 1 is 1.02 bits per heavy atom. The number of aliphatic hydroxyl groups is 1. The van der Waals surface area contributed by atoms with Crippen molar-refractivity contribution in [1.82, 2.24) is 14.8 Å². The van der Waals surface area contributed by atoms with E-state index in [1.807, 2.05) is 20.8 Å². The maximum Gasteiger partial charge on any atom is 0.410 e. The van der Waals surface area contributed by atoms with Gasteiger partial charge in [-0.2, -0.15) is 0 Å². The molecule has 220 valence electrons. The summed E-state index contributed by atoms with van der Waals surface area (Å²) in [5.74, 6) is 0.924. The fourth-order valence-corrected chi connectivity index (χ4v) is 6.83. The highest BCUT2D eigenvalue weighted by atomic mass is 32.1. The second-order valence-electron chi connectivity index (χ2n) is 12.2. The first kappa shape index (κ1) is 29.5. The molecule has 3 aromatic rings. The molecule has 0 unspecified atom stereocenters. The number of ether oxygens (including phenoxy) is 2. The van der Waals surface area contributed by atoms with Crippen molar-refractivity contribution in [2.24, 2.45) is 0 Å². The molecule has 0 radical (unpaired) electrons. The van der Waals surface area contributed by atoms with Crippen LogP contribution in [0.1, 0.15) is 61.7 Å². The molecule has 1 amide bonds. The lowest BCUT2D eigenvalue weighted by molar-refractivity contribution is 0.0225. The Labute approximate surface area is 248 Å². The number of rotatable bonds is 7. The van der Waals surface area contributed by atoms with Gasteiger partial charge in [-0.15, -0.1) is 11.3 Å². The van der Waals surface area contributed by atoms with Gasteiger partial charge >= 0.3 is 6.09 Å². The predicted octanol–water partition coefficient (Wildman–Crippen LogP) is 6.61. The maximum absolute atomic E-state index is 12.6. The summed E-state index contributed by atoms with van der Waals surface area (Å²) in [6.07, 6.45) is 3.05. The van der Waals surface area contributed by atoms with Gasteiger partial charge in [0.15, 0.2) is 0 Å². The highest BCUT2D eigenvalue weighted by molar-refractivity contribution is 7.15. The van der Waals surface area contributed by atoms with E-state index in [4.69, 9.17) is 14.5 Å². The largest absolute Gasteiger partial charge is 0.493 e. The summed E-state index contributed by atoms with van der Waals surface area (Å²) in [6, 6.07) is 12.7. The number of amides is 1. The van der Waals surface area contributed by atoms with Crippen molar-refractivity contribution < 1.29 is 19.4 Å². The lowest BCUT2D eigenvalue weighted by Gasteiger charge is -2.29. The molecule has 0 bridgehead atoms. The summed E-state index contributed by atoms with van der Waals surface area (Å²) in [6.45, 7) is 14.8. The Balaban J connectivity index is 1.28. The molecule has 5 rings (SSSR count). The minimum atomic E-state index is -0.507. The molecule has 1 fully saturated rings. The highest BCUT2D eigenvalue weighted by Crippen LogP contribution is 2.39. The average Bonchev–Trinajstić information content (AvgIpc) is 3.35. The number of nitrogens with zero attached hydrogens (tertiary/aromatic N) is 3. The molecule has 2 aromatic carbocycles. The number of likely N-dealkylation sites (tertiary alicyclic amines) is 1. The van der Waals surface area contributed by atoms with E-state index in [2.05, 4.69) is 55.1 Å². The number of carbonyl (C=O) groups excluding carboxylic acids is 1. The molecule has 1 aromatic heterocycles. The molecule has 0 spiro atoms. The van der Waals surface area contributed by atoms with Gasteiger partial charge in [0.1, 0.15) is 16.4 Å². The van der Waals surface area contributed by atoms with Crippen molar-refractivity contribution in [3.05, 3.63) is 58.1 Å². The van der Waals surface area contributed by atoms with Crippen LogP contribution in [0.15, 0.2) is 36.4 Å². The Hall–Kier alpha value is -2.94. The van der Waals surface area contributed by atoms with Crippen molar-refractivity contribution in [3.63, 3.8) is 0 Å². The predicted molar refractivity (Wildman–Crippen MR) is 165 cm³/mol. The van der Waals surface area contributed by atoms with Crippen LogP contribution in [0.2, 0.25) is 0 Å². The molecule has 2 aliphatic heterocycles. The lowest BCUT2D eigenvalue weighted by Crippen LogP contribution is -2.39. The van der Waals surface area contributed by atoms with Crippen LogP contribution in [-0.2, 0) is 17.7 Å². The number of carbonyl (C=O) groups is 1. The molecule has 0 atom stereocenters. The fraction of sp³-hybridized carbons (Fsp3) is 0.515. The van der Waals surface area contributed by atoms with Crippen molar-refractivity contribution in [2.45, 2.75) is 78.6 Å². The van der Waals surface area contributed by atoms with E-state index in [0.29, 0.717) is 19.7 Å². The molecule has 7 nitrogen and oxygen atoms in total. The van der Waals surface area contributed by atoms with Gasteiger partial charge in [0.05, 0.1) is 24.9 Å². The van der Waals surface area contributed by atoms with E-state index in [0.717, 1.165) is 77.8 Å². The normalized spacial score (nSPS) is 16.5. The Morgan fingerprint density at radius 2 is 1.71 bits per heavy atom. The number of hydrogen-bond acceptors (Lipinski definition) is 7. The summed E-state index contributed by atoms with van der Waals surface area (Å²) in [5, 5.41) is 10.7. The molecular formula is C33H43N3O4S. The standard InChI is InChI=1S/C33H43N3O4S/c1-22-25(26-10-7-12-29(23(26)2)39-20-8-16-35-17-13-24(37)14-18-35)9-6-11-27(22)31-34-28-15-19-36(21-30(28)41-31)32(38)40-33(3,4)5/h6-7,9-12,24,37H,8,13-21H2,1-5H3. The van der Waals surface area contributed by atoms with E-state index >= 15 is 0 Å². The minimum absolute atomic E-state index is 0.134. The first-order valence-corrected chi connectivity index (χ1v) is 15.6. The number of fused-ring (bicyclic) bond motifs is 1. The van der Waals surface area contributed by atoms with Gasteiger partial charge in [-0.1, -0.05) is 30.3 Å². The summed E-state index contributed by atoms with van der Waals surface area (Å²) >= 11 is 1.68. The van der Waals surface area contributed by atoms with Crippen LogP contribution in [0.25, 0.3) is 21.7 Å². The molecule has 8 heteroatoms. The molecule has 2 aliphatic rings. The smallest absolute Gasteiger partial charge is 0.410 e. The van der Waals surface area contributed by atoms with Crippen LogP contribution in [0.4, 0.5) is 4.79 Å². The zero-order valence-corrected chi connectivity index (χ0v) is 25.9. The second kappa shape index (κ2) is 12.5. The third kappa shape index (κ3) is 7.11. The van der Waals surface area contributed by atoms with E-state index in [1.165, 1.54) is 16.7 Å². The quantitative estimate of drug-likeness (QED) is 0.319. The Bertz CT molecular complexity index is 1370. The van der Waals surface area contributed by atoms with Gasteiger partial charge in [0.25, 0.3) is 0 Å². The number of thiazole rings is 1. The van der Waals surface area contributed by atoms with Crippen molar-refractivity contribution >= 4 is 17.4 Å². The Morgan fingerprint density at radius 3 is 2.44 bits per heavy atom. The lowest BCUT2D eigenvalue weighted by atomic mass is 9.93. The Kier molecular flexibility index (Phi) is 9.02. The zero-order valence-electron chi connectivity index (χ0n) is 25.0. The number of aromatic nitrogens is 1. The van der Waals surface area contributed by atoms with Gasteiger partial charge in [0, 0.05) is 43.0 Å². The highest BCUT2D eigenvalue weighted by Gasteiger charge is 2.28. The minimum Gasteiger partial charge on any atom is -0.493 e. The third-order valence-electron chi connectivity index (χ3n) is 7.95. The van der Waals surface area contributed by atoms with Gasteiger partial charge in [-0.3, -0.25) is 0 Å². The van der Waals surface area contributed by atoms with Crippen molar-refractivity contribution in [2.75, 3.05) is 32.8 Å². The summed E-state index contributed by atoms with van der Waals surface area (Å²) in [4.78, 5) is 23.0. The summed E-state index contributed by atoms with van der Waals surface area (Å²) < 4.78 is 11.9. The molecule has 0 saturated carbocycles. The molecule has 1 saturated heterocycles. The van der Waals surface area contributed by atoms with Crippen LogP contribution in [0.3, 0.4) is 0 Å². The van der Waals surface area contributed by atoms with Crippen LogP contribution in [0.5, 0.6) is 5.75 Å². The second-order valence-corrected chi connectivity index (χ2v) is 13.3. The summed E-state index contributed by atoms with van der Waals surface area (Å²) in [7, 11) is 0. The fourth-order valence-electron chi connectivity index (χ4n) is 5.63. The van der Waals surface area contributed by atoms with Crippen molar-refractivity contribution in [1.29, 1.82) is 0 Å². The first-order valence-electron chi connectivity index (χ1n) is 14.8. The average molecular weight is 578 g/mol. The first-order chi connectivity index (χ1) is 19.6. The topological polar surface area (TPSA) is 75.1 Å². The summed E-state index contributed by atoms with van der Waals surface area (Å²) in [5.41, 5.74) is 6.39. The third-order valence-corrected chi connectivity index (χ3v) is 9.07. The number of piperidine rings is 1.